The molecule has 3 aromatic carbocycles. The Kier molecular flexibility index (Phi) is 6.65. The third-order valence-corrected chi connectivity index (χ3v) is 7.54. The highest BCUT2D eigenvalue weighted by molar-refractivity contribution is 6.08. The van der Waals surface area contributed by atoms with Gasteiger partial charge in [-0.1, -0.05) is 31.2 Å². The molecule has 0 bridgehead atoms. The maximum Gasteiger partial charge on any atom is 0.229 e. The number of amides is 1. The summed E-state index contributed by atoms with van der Waals surface area (Å²) in [6, 6.07) is 18.7. The van der Waals surface area contributed by atoms with Crippen molar-refractivity contribution in [2.75, 3.05) is 5.32 Å². The van der Waals surface area contributed by atoms with Crippen molar-refractivity contribution in [3.8, 4) is 11.1 Å². The zero-order valence-corrected chi connectivity index (χ0v) is 21.7. The summed E-state index contributed by atoms with van der Waals surface area (Å²) < 4.78 is 13.5. The molecule has 2 heterocycles. The van der Waals surface area contributed by atoms with Gasteiger partial charge in [0, 0.05) is 46.6 Å². The highest BCUT2D eigenvalue weighted by Crippen LogP contribution is 2.31. The fourth-order valence-corrected chi connectivity index (χ4v) is 5.05. The average molecular weight is 521 g/mol. The predicted octanol–water partition coefficient (Wildman–Crippen LogP) is 7.42. The highest BCUT2D eigenvalue weighted by atomic mass is 19.1. The van der Waals surface area contributed by atoms with Crippen molar-refractivity contribution >= 4 is 39.4 Å². The Balaban J connectivity index is 1.17. The first-order valence-corrected chi connectivity index (χ1v) is 13.4. The number of aromatic nitrogens is 3. The topological polar surface area (TPSA) is 87.7 Å². The molecule has 0 radical (unpaired) electrons. The van der Waals surface area contributed by atoms with Gasteiger partial charge in [-0.15, -0.1) is 0 Å². The van der Waals surface area contributed by atoms with E-state index in [4.69, 9.17) is 0 Å². The molecule has 1 saturated carbocycles. The first-order valence-electron chi connectivity index (χ1n) is 13.4. The number of ketones is 1. The average Bonchev–Trinajstić information content (AvgIpc) is 3.71. The smallest absolute Gasteiger partial charge is 0.229 e. The second kappa shape index (κ2) is 10.4. The molecule has 39 heavy (non-hydrogen) atoms. The third kappa shape index (κ3) is 5.43. The van der Waals surface area contributed by atoms with Crippen LogP contribution in [0.1, 0.15) is 60.9 Å². The van der Waals surface area contributed by atoms with Gasteiger partial charge in [0.15, 0.2) is 5.78 Å². The van der Waals surface area contributed by atoms with Crippen molar-refractivity contribution in [1.82, 2.24) is 15.0 Å². The van der Waals surface area contributed by atoms with Crippen LogP contribution in [0.3, 0.4) is 0 Å². The fraction of sp³-hybridized carbons (Fsp3) is 0.250. The molecule has 0 unspecified atom stereocenters. The van der Waals surface area contributed by atoms with Crippen molar-refractivity contribution in [3.05, 3.63) is 90.0 Å². The number of anilines is 1. The molecule has 1 amide bonds. The lowest BCUT2D eigenvalue weighted by Gasteiger charge is -2.11. The minimum absolute atomic E-state index is 0.0165. The molecule has 0 spiro atoms. The van der Waals surface area contributed by atoms with Crippen molar-refractivity contribution in [2.24, 2.45) is 5.92 Å². The van der Waals surface area contributed by atoms with E-state index in [0.29, 0.717) is 17.9 Å². The summed E-state index contributed by atoms with van der Waals surface area (Å²) in [7, 11) is 0. The Morgan fingerprint density at radius 2 is 1.90 bits per heavy atom. The van der Waals surface area contributed by atoms with E-state index >= 15 is 0 Å². The molecule has 2 N–H and O–H groups in total. The number of carbonyl (C=O) groups is 2. The van der Waals surface area contributed by atoms with E-state index in [0.717, 1.165) is 64.2 Å². The lowest BCUT2D eigenvalue weighted by molar-refractivity contribution is -0.117. The standard InChI is InChI=1S/C32H29FN4O2/c1-19(21-5-3-6-25(33)15-21)4-2-7-30(38)27-18-34-29-13-11-23(16-26(27)29)22-10-12-28-24(14-22)17-35-32(36-28)37-31(39)20-8-9-20/h3,5-6,10-20,34H,2,4,7-9H2,1H3,(H,35,36,37,39)/t19-/m1/s1. The number of carbonyl (C=O) groups excluding carboxylic acids is 2. The van der Waals surface area contributed by atoms with Crippen LogP contribution in [0.4, 0.5) is 10.3 Å². The molecule has 1 fully saturated rings. The summed E-state index contributed by atoms with van der Waals surface area (Å²) in [4.78, 5) is 37.2. The fourth-order valence-electron chi connectivity index (χ4n) is 5.05. The third-order valence-electron chi connectivity index (χ3n) is 7.54. The summed E-state index contributed by atoms with van der Waals surface area (Å²) in [5, 5.41) is 4.56. The van der Waals surface area contributed by atoms with E-state index in [2.05, 4.69) is 27.2 Å². The maximum atomic E-state index is 13.5. The summed E-state index contributed by atoms with van der Waals surface area (Å²) in [6.45, 7) is 2.07. The highest BCUT2D eigenvalue weighted by Gasteiger charge is 2.30. The maximum absolute atomic E-state index is 13.5. The number of benzene rings is 3. The summed E-state index contributed by atoms with van der Waals surface area (Å²) in [5.74, 6) is 0.455. The molecular weight excluding hydrogens is 491 g/mol. The number of aromatic amines is 1. The molecule has 6 nitrogen and oxygen atoms in total. The summed E-state index contributed by atoms with van der Waals surface area (Å²) in [6.07, 6.45) is 7.35. The van der Waals surface area contributed by atoms with E-state index in [1.165, 1.54) is 6.07 Å². The zero-order chi connectivity index (χ0) is 26.9. The number of H-pyrrole nitrogens is 1. The molecule has 1 atom stereocenters. The van der Waals surface area contributed by atoms with Crippen LogP contribution >= 0.6 is 0 Å². The number of hydrogen-bond donors (Lipinski definition) is 2. The van der Waals surface area contributed by atoms with Gasteiger partial charge in [0.1, 0.15) is 5.82 Å². The van der Waals surface area contributed by atoms with Gasteiger partial charge in [-0.05, 0) is 84.7 Å². The van der Waals surface area contributed by atoms with Crippen LogP contribution in [0.2, 0.25) is 0 Å². The van der Waals surface area contributed by atoms with Crippen LogP contribution in [0, 0.1) is 11.7 Å². The number of fused-ring (bicyclic) bond motifs is 2. The minimum Gasteiger partial charge on any atom is -0.360 e. The van der Waals surface area contributed by atoms with Gasteiger partial charge in [-0.25, -0.2) is 14.4 Å². The van der Waals surface area contributed by atoms with E-state index in [9.17, 15) is 14.0 Å². The Hall–Kier alpha value is -4.39. The molecule has 2 aromatic heterocycles. The lowest BCUT2D eigenvalue weighted by Crippen LogP contribution is -2.15. The van der Waals surface area contributed by atoms with Gasteiger partial charge in [0.25, 0.3) is 0 Å². The quantitative estimate of drug-likeness (QED) is 0.198. The minimum atomic E-state index is -0.230. The molecule has 0 saturated heterocycles. The molecule has 196 valence electrons. The van der Waals surface area contributed by atoms with Gasteiger partial charge in [-0.3, -0.25) is 14.9 Å². The summed E-state index contributed by atoms with van der Waals surface area (Å²) in [5.41, 5.74) is 5.29. The van der Waals surface area contributed by atoms with Gasteiger partial charge in [-0.2, -0.15) is 0 Å². The number of rotatable bonds is 9. The number of nitrogens with one attached hydrogen (secondary N) is 2. The molecular formula is C32H29FN4O2. The predicted molar refractivity (Wildman–Crippen MR) is 151 cm³/mol. The monoisotopic (exact) mass is 520 g/mol. The number of hydrogen-bond acceptors (Lipinski definition) is 4. The van der Waals surface area contributed by atoms with Crippen LogP contribution in [0.5, 0.6) is 0 Å². The molecule has 6 rings (SSSR count). The van der Waals surface area contributed by atoms with Crippen LogP contribution < -0.4 is 5.32 Å². The number of nitrogens with zero attached hydrogens (tertiary/aromatic N) is 2. The van der Waals surface area contributed by atoms with Crippen molar-refractivity contribution in [1.29, 1.82) is 0 Å². The number of halogens is 1. The first-order chi connectivity index (χ1) is 18.9. The van der Waals surface area contributed by atoms with Crippen LogP contribution in [-0.2, 0) is 4.79 Å². The van der Waals surface area contributed by atoms with Gasteiger partial charge < -0.3 is 4.98 Å². The Morgan fingerprint density at radius 1 is 1.08 bits per heavy atom. The SMILES string of the molecule is C[C@H](CCCC(=O)c1c[nH]c2ccc(-c3ccc4nc(NC(=O)C5CC5)ncc4c3)cc12)c1cccc(F)c1. The largest absolute Gasteiger partial charge is 0.360 e. The zero-order valence-electron chi connectivity index (χ0n) is 21.7. The van der Waals surface area contributed by atoms with Gasteiger partial charge in [0.2, 0.25) is 11.9 Å². The summed E-state index contributed by atoms with van der Waals surface area (Å²) >= 11 is 0. The van der Waals surface area contributed by atoms with Crippen LogP contribution in [0.15, 0.2) is 73.1 Å². The van der Waals surface area contributed by atoms with Gasteiger partial charge >= 0.3 is 0 Å². The van der Waals surface area contributed by atoms with E-state index in [-0.39, 0.29) is 29.3 Å². The Morgan fingerprint density at radius 3 is 2.72 bits per heavy atom. The number of Topliss-reactive ketones (excluding diaryl/α,β-unsaturated/α-hetero) is 1. The van der Waals surface area contributed by atoms with E-state index in [1.807, 2.05) is 42.5 Å². The lowest BCUT2D eigenvalue weighted by atomic mass is 9.93. The van der Waals surface area contributed by atoms with Crippen LogP contribution in [0.25, 0.3) is 32.9 Å². The van der Waals surface area contributed by atoms with Gasteiger partial charge in [0.05, 0.1) is 5.52 Å². The van der Waals surface area contributed by atoms with Crippen molar-refractivity contribution in [2.45, 2.75) is 44.9 Å². The van der Waals surface area contributed by atoms with E-state index < -0.39 is 0 Å². The molecule has 1 aliphatic rings. The second-order valence-corrected chi connectivity index (χ2v) is 10.5. The van der Waals surface area contributed by atoms with Crippen LogP contribution in [-0.4, -0.2) is 26.6 Å². The molecule has 5 aromatic rings. The van der Waals surface area contributed by atoms with Crippen molar-refractivity contribution < 1.29 is 14.0 Å². The normalized spacial score (nSPS) is 14.0. The molecule has 7 heteroatoms. The second-order valence-electron chi connectivity index (χ2n) is 10.5. The molecule has 0 aliphatic heterocycles. The van der Waals surface area contributed by atoms with E-state index in [1.54, 1.807) is 24.5 Å². The first kappa shape index (κ1) is 24.9. The Labute approximate surface area is 225 Å². The Bertz CT molecular complexity index is 1710. The van der Waals surface area contributed by atoms with Crippen molar-refractivity contribution in [3.63, 3.8) is 0 Å². The molecule has 1 aliphatic carbocycles.